The molecule has 146 valence electrons. The minimum absolute atomic E-state index is 0.0977. The molecule has 1 atom stereocenters. The zero-order valence-electron chi connectivity index (χ0n) is 16.8. The van der Waals surface area contributed by atoms with Gasteiger partial charge in [0.15, 0.2) is 0 Å². The van der Waals surface area contributed by atoms with Gasteiger partial charge in [-0.3, -0.25) is 0 Å². The lowest BCUT2D eigenvalue weighted by Crippen LogP contribution is -2.00. The highest BCUT2D eigenvalue weighted by Gasteiger charge is 2.24. The predicted molar refractivity (Wildman–Crippen MR) is 113 cm³/mol. The number of benzene rings is 2. The fourth-order valence-corrected chi connectivity index (χ4v) is 4.13. The van der Waals surface area contributed by atoms with Crippen molar-refractivity contribution in [3.05, 3.63) is 53.6 Å². The number of rotatable bonds is 8. The second-order valence-electron chi connectivity index (χ2n) is 6.85. The van der Waals surface area contributed by atoms with Crippen LogP contribution in [-0.2, 0) is 15.5 Å². The fraction of sp³-hybridized carbons (Fsp3) is 0.364. The van der Waals surface area contributed by atoms with Crippen LogP contribution in [0.4, 0.5) is 0 Å². The Balaban J connectivity index is 2.74. The maximum absolute atomic E-state index is 12.7. The molecule has 0 bridgehead atoms. The van der Waals surface area contributed by atoms with Crippen LogP contribution in [0.3, 0.4) is 0 Å². The quantitative estimate of drug-likeness (QED) is 0.518. The molecule has 1 unspecified atom stereocenters. The molecule has 0 aromatic heterocycles. The van der Waals surface area contributed by atoms with E-state index in [9.17, 15) is 9.67 Å². The second-order valence-corrected chi connectivity index (χ2v) is 8.83. The van der Waals surface area contributed by atoms with Gasteiger partial charge in [-0.05, 0) is 56.0 Å². The zero-order valence-corrected chi connectivity index (χ0v) is 17.7. The summed E-state index contributed by atoms with van der Waals surface area (Å²) in [6.45, 7) is 13.5. The molecule has 0 saturated heterocycles. The molecule has 5 heteroatoms. The Bertz CT molecular complexity index is 886. The summed E-state index contributed by atoms with van der Waals surface area (Å²) < 4.78 is 23.8. The molecule has 4 nitrogen and oxygen atoms in total. The molecule has 27 heavy (non-hydrogen) atoms. The lowest BCUT2D eigenvalue weighted by Gasteiger charge is -2.21. The van der Waals surface area contributed by atoms with Crippen LogP contribution in [-0.4, -0.2) is 18.4 Å². The van der Waals surface area contributed by atoms with E-state index in [1.54, 1.807) is 13.0 Å². The van der Waals surface area contributed by atoms with Crippen molar-refractivity contribution in [1.82, 2.24) is 0 Å². The van der Waals surface area contributed by atoms with Crippen molar-refractivity contribution in [2.75, 3.05) is 13.3 Å². The Kier molecular flexibility index (Phi) is 6.91. The molecule has 0 amide bonds. The van der Waals surface area contributed by atoms with Crippen LogP contribution in [0.1, 0.15) is 43.9 Å². The Labute approximate surface area is 162 Å². The number of hydrogen-bond acceptors (Lipinski definition) is 4. The first-order valence-electron chi connectivity index (χ1n) is 9.23. The molecule has 0 heterocycles. The van der Waals surface area contributed by atoms with E-state index in [-0.39, 0.29) is 12.4 Å². The molecular weight excluding hydrogens is 359 g/mol. The summed E-state index contributed by atoms with van der Waals surface area (Å²) in [5, 5.41) is 10.8. The number of phenolic OH excluding ortho intramolecular Hbond substituents is 1. The number of phenols is 1. The highest BCUT2D eigenvalue weighted by atomic mass is 31.2. The van der Waals surface area contributed by atoms with Crippen LogP contribution in [0.2, 0.25) is 0 Å². The average Bonchev–Trinajstić information content (AvgIpc) is 2.54. The minimum Gasteiger partial charge on any atom is -0.507 e. The van der Waals surface area contributed by atoms with Gasteiger partial charge in [-0.15, -0.1) is 0 Å². The van der Waals surface area contributed by atoms with Gasteiger partial charge in [0.2, 0.25) is 0 Å². The molecule has 0 aliphatic rings. The predicted octanol–water partition coefficient (Wildman–Crippen LogP) is 6.59. The second kappa shape index (κ2) is 8.77. The van der Waals surface area contributed by atoms with Gasteiger partial charge < -0.3 is 14.2 Å². The molecule has 0 fully saturated rings. The van der Waals surface area contributed by atoms with Crippen molar-refractivity contribution in [2.45, 2.75) is 40.5 Å². The first kappa shape index (κ1) is 21.3. The van der Waals surface area contributed by atoms with Crippen molar-refractivity contribution >= 4 is 13.2 Å². The lowest BCUT2D eigenvalue weighted by atomic mass is 9.92. The van der Waals surface area contributed by atoms with E-state index >= 15 is 0 Å². The van der Waals surface area contributed by atoms with E-state index in [1.165, 1.54) is 6.66 Å². The molecule has 0 radical (unpaired) electrons. The van der Waals surface area contributed by atoms with E-state index in [0.29, 0.717) is 11.3 Å². The van der Waals surface area contributed by atoms with Gasteiger partial charge in [0.1, 0.15) is 11.5 Å². The standard InChI is InChI=1S/C22H29O4P/c1-7-9-17-13-20(23)22(21(14-17)26-27(6,24)25-8-2)19-12-16(5)10-11-18(19)15(3)4/h10-14,23H,3,7-9H2,1-2,4-6H3. The Hall–Kier alpha value is -2.03. The number of aromatic hydroxyl groups is 1. The molecular formula is C22H29O4P. The summed E-state index contributed by atoms with van der Waals surface area (Å²) in [6.07, 6.45) is 1.71. The summed E-state index contributed by atoms with van der Waals surface area (Å²) in [4.78, 5) is 0. The van der Waals surface area contributed by atoms with Gasteiger partial charge in [0, 0.05) is 6.66 Å². The third-order valence-corrected chi connectivity index (χ3v) is 5.47. The average molecular weight is 388 g/mol. The Morgan fingerprint density at radius 2 is 1.93 bits per heavy atom. The largest absolute Gasteiger partial charge is 0.507 e. The Morgan fingerprint density at radius 1 is 1.22 bits per heavy atom. The van der Waals surface area contributed by atoms with E-state index < -0.39 is 7.60 Å². The first-order valence-corrected chi connectivity index (χ1v) is 11.2. The van der Waals surface area contributed by atoms with E-state index in [0.717, 1.165) is 40.7 Å². The summed E-state index contributed by atoms with van der Waals surface area (Å²) >= 11 is 0. The Morgan fingerprint density at radius 3 is 2.52 bits per heavy atom. The van der Waals surface area contributed by atoms with Gasteiger partial charge in [0.05, 0.1) is 12.2 Å². The van der Waals surface area contributed by atoms with E-state index in [2.05, 4.69) is 13.5 Å². The number of hydrogen-bond donors (Lipinski definition) is 1. The van der Waals surface area contributed by atoms with Crippen LogP contribution in [0, 0.1) is 6.92 Å². The van der Waals surface area contributed by atoms with Crippen molar-refractivity contribution in [3.8, 4) is 22.6 Å². The smallest absolute Gasteiger partial charge is 0.376 e. The molecule has 1 N–H and O–H groups in total. The van der Waals surface area contributed by atoms with Crippen LogP contribution in [0.15, 0.2) is 36.9 Å². The molecule has 2 rings (SSSR count). The van der Waals surface area contributed by atoms with Gasteiger partial charge >= 0.3 is 7.60 Å². The summed E-state index contributed by atoms with van der Waals surface area (Å²) in [5.74, 6) is 0.464. The van der Waals surface area contributed by atoms with Crippen molar-refractivity contribution in [1.29, 1.82) is 0 Å². The van der Waals surface area contributed by atoms with E-state index in [1.807, 2.05) is 38.1 Å². The molecule has 2 aromatic rings. The zero-order chi connectivity index (χ0) is 20.2. The number of allylic oxidation sites excluding steroid dienone is 1. The van der Waals surface area contributed by atoms with Gasteiger partial charge in [0.25, 0.3) is 0 Å². The SMILES string of the molecule is C=C(C)c1ccc(C)cc1-c1c(O)cc(CCC)cc1OP(C)(=O)OCC. The van der Waals surface area contributed by atoms with Crippen molar-refractivity contribution in [2.24, 2.45) is 0 Å². The third kappa shape index (κ3) is 5.24. The van der Waals surface area contributed by atoms with Crippen LogP contribution >= 0.6 is 7.60 Å². The maximum atomic E-state index is 12.7. The van der Waals surface area contributed by atoms with Crippen LogP contribution in [0.25, 0.3) is 16.7 Å². The summed E-state index contributed by atoms with van der Waals surface area (Å²) in [5.41, 5.74) is 5.06. The molecule has 2 aromatic carbocycles. The summed E-state index contributed by atoms with van der Waals surface area (Å²) in [6, 6.07) is 9.55. The normalized spacial score (nSPS) is 13.2. The van der Waals surface area contributed by atoms with Crippen LogP contribution in [0.5, 0.6) is 11.5 Å². The number of aryl methyl sites for hydroxylation is 2. The van der Waals surface area contributed by atoms with E-state index in [4.69, 9.17) is 9.05 Å². The van der Waals surface area contributed by atoms with Crippen LogP contribution < -0.4 is 4.52 Å². The molecule has 0 spiro atoms. The highest BCUT2D eigenvalue weighted by Crippen LogP contribution is 2.50. The van der Waals surface area contributed by atoms with Gasteiger partial charge in [-0.25, -0.2) is 4.57 Å². The topological polar surface area (TPSA) is 55.8 Å². The molecule has 0 aliphatic carbocycles. The lowest BCUT2D eigenvalue weighted by molar-refractivity contribution is 0.284. The van der Waals surface area contributed by atoms with Gasteiger partial charge in [-0.1, -0.05) is 49.3 Å². The first-order chi connectivity index (χ1) is 12.7. The summed E-state index contributed by atoms with van der Waals surface area (Å²) in [7, 11) is -3.30. The molecule has 0 saturated carbocycles. The fourth-order valence-electron chi connectivity index (χ4n) is 3.11. The van der Waals surface area contributed by atoms with Gasteiger partial charge in [-0.2, -0.15) is 0 Å². The van der Waals surface area contributed by atoms with Crippen molar-refractivity contribution in [3.63, 3.8) is 0 Å². The van der Waals surface area contributed by atoms with Crippen molar-refractivity contribution < 1.29 is 18.7 Å². The molecule has 0 aliphatic heterocycles. The highest BCUT2D eigenvalue weighted by molar-refractivity contribution is 7.53. The monoisotopic (exact) mass is 388 g/mol. The minimum atomic E-state index is -3.30. The third-order valence-electron chi connectivity index (χ3n) is 4.21. The maximum Gasteiger partial charge on any atom is 0.376 e.